The molecule has 2 amide bonds. The van der Waals surface area contributed by atoms with Gasteiger partial charge in [-0.25, -0.2) is 4.98 Å². The van der Waals surface area contributed by atoms with Gasteiger partial charge in [0.25, 0.3) is 5.91 Å². The Morgan fingerprint density at radius 2 is 1.88 bits per heavy atom. The van der Waals surface area contributed by atoms with Gasteiger partial charge in [0.2, 0.25) is 11.7 Å². The molecule has 3 aromatic rings. The van der Waals surface area contributed by atoms with Crippen LogP contribution in [0, 0.1) is 13.8 Å². The molecule has 9 heteroatoms. The molecule has 0 bridgehead atoms. The van der Waals surface area contributed by atoms with E-state index in [2.05, 4.69) is 10.3 Å². The van der Waals surface area contributed by atoms with E-state index in [-0.39, 0.29) is 11.5 Å². The van der Waals surface area contributed by atoms with Crippen molar-refractivity contribution in [2.24, 2.45) is 0 Å². The first-order chi connectivity index (χ1) is 16.2. The number of nitrogens with zero attached hydrogens (tertiary/aromatic N) is 2. The molecule has 1 aromatic heterocycles. The first-order valence-electron chi connectivity index (χ1n) is 10.5. The monoisotopic (exact) mass is 477 g/mol. The molecule has 174 valence electrons. The van der Waals surface area contributed by atoms with Crippen LogP contribution in [0.5, 0.6) is 5.75 Å². The number of methoxy groups -OCH3 is 1. The van der Waals surface area contributed by atoms with Crippen molar-refractivity contribution in [3.05, 3.63) is 81.0 Å². The molecule has 1 aliphatic heterocycles. The number of para-hydroxylation sites is 1. The molecule has 4 rings (SSSR count). The molecule has 1 aliphatic rings. The van der Waals surface area contributed by atoms with E-state index in [0.717, 1.165) is 0 Å². The van der Waals surface area contributed by atoms with Crippen molar-refractivity contribution in [2.75, 3.05) is 17.3 Å². The van der Waals surface area contributed by atoms with E-state index in [1.54, 1.807) is 62.4 Å². The van der Waals surface area contributed by atoms with Crippen LogP contribution < -0.4 is 15.0 Å². The largest absolute Gasteiger partial charge is 0.503 e. The summed E-state index contributed by atoms with van der Waals surface area (Å²) in [5.41, 5.74) is 1.90. The average molecular weight is 478 g/mol. The lowest BCUT2D eigenvalue weighted by Crippen LogP contribution is -2.31. The number of ether oxygens (including phenoxy) is 1. The van der Waals surface area contributed by atoms with Gasteiger partial charge < -0.3 is 15.2 Å². The van der Waals surface area contributed by atoms with E-state index in [0.29, 0.717) is 38.3 Å². The van der Waals surface area contributed by atoms with Gasteiger partial charge in [0.1, 0.15) is 5.75 Å². The summed E-state index contributed by atoms with van der Waals surface area (Å²) in [7, 11) is 1.50. The predicted molar refractivity (Wildman–Crippen MR) is 130 cm³/mol. The summed E-state index contributed by atoms with van der Waals surface area (Å²) < 4.78 is 5.53. The van der Waals surface area contributed by atoms with Gasteiger partial charge in [-0.05, 0) is 38.1 Å². The van der Waals surface area contributed by atoms with Crippen LogP contribution in [0.4, 0.5) is 11.4 Å². The Balaban J connectivity index is 1.91. The standard InChI is InChI=1S/C25H23N3O5S/c1-13-24(34-15(3)26-13)22(30)20-21(18-10-5-6-11-19(18)33-4)28(25(32)23(20)31)17-9-7-8-16(12-17)27-14(2)29/h5-12,21,31H,1-4H3,(H,27,29). The number of aliphatic hydroxyl groups is 1. The smallest absolute Gasteiger partial charge is 0.294 e. The van der Waals surface area contributed by atoms with E-state index in [1.165, 1.54) is 30.3 Å². The molecule has 1 atom stereocenters. The lowest BCUT2D eigenvalue weighted by molar-refractivity contribution is -0.117. The van der Waals surface area contributed by atoms with Gasteiger partial charge >= 0.3 is 0 Å². The van der Waals surface area contributed by atoms with Gasteiger partial charge in [0.05, 0.1) is 34.3 Å². The van der Waals surface area contributed by atoms with Crippen molar-refractivity contribution in [3.8, 4) is 5.75 Å². The van der Waals surface area contributed by atoms with Crippen LogP contribution >= 0.6 is 11.3 Å². The zero-order valence-corrected chi connectivity index (χ0v) is 19.9. The number of anilines is 2. The zero-order valence-electron chi connectivity index (χ0n) is 19.1. The summed E-state index contributed by atoms with van der Waals surface area (Å²) in [4.78, 5) is 44.7. The Hall–Kier alpha value is -3.98. The number of hydrogen-bond acceptors (Lipinski definition) is 7. The molecule has 0 radical (unpaired) electrons. The van der Waals surface area contributed by atoms with E-state index in [9.17, 15) is 19.5 Å². The number of amides is 2. The molecule has 0 fully saturated rings. The molecular weight excluding hydrogens is 454 g/mol. The molecule has 0 saturated heterocycles. The Morgan fingerprint density at radius 3 is 2.53 bits per heavy atom. The average Bonchev–Trinajstić information content (AvgIpc) is 3.28. The minimum absolute atomic E-state index is 0.0498. The number of nitrogens with one attached hydrogen (secondary N) is 1. The molecule has 0 saturated carbocycles. The van der Waals surface area contributed by atoms with Crippen LogP contribution in [-0.4, -0.2) is 34.8 Å². The number of thiazole rings is 1. The second-order valence-corrected chi connectivity index (χ2v) is 8.99. The zero-order chi connectivity index (χ0) is 24.6. The summed E-state index contributed by atoms with van der Waals surface area (Å²) in [6, 6.07) is 12.7. The molecule has 34 heavy (non-hydrogen) atoms. The van der Waals surface area contributed by atoms with E-state index >= 15 is 0 Å². The van der Waals surface area contributed by atoms with Gasteiger partial charge in [-0.15, -0.1) is 11.3 Å². The third kappa shape index (κ3) is 4.06. The fourth-order valence-corrected chi connectivity index (χ4v) is 4.97. The number of aliphatic hydroxyl groups excluding tert-OH is 1. The van der Waals surface area contributed by atoms with E-state index in [4.69, 9.17) is 4.74 Å². The van der Waals surface area contributed by atoms with Crippen molar-refractivity contribution in [3.63, 3.8) is 0 Å². The van der Waals surface area contributed by atoms with Crippen LogP contribution in [0.3, 0.4) is 0 Å². The number of hydrogen-bond donors (Lipinski definition) is 2. The minimum atomic E-state index is -0.953. The molecule has 2 N–H and O–H groups in total. The maximum atomic E-state index is 13.7. The van der Waals surface area contributed by atoms with Crippen LogP contribution in [0.15, 0.2) is 59.9 Å². The van der Waals surface area contributed by atoms with Gasteiger partial charge in [0.15, 0.2) is 5.76 Å². The summed E-state index contributed by atoms with van der Waals surface area (Å²) in [5.74, 6) is -1.63. The van der Waals surface area contributed by atoms with Crippen LogP contribution in [0.25, 0.3) is 0 Å². The Labute approximate surface area is 200 Å². The summed E-state index contributed by atoms with van der Waals surface area (Å²) in [5, 5.41) is 14.4. The maximum absolute atomic E-state index is 13.7. The second-order valence-electron chi connectivity index (χ2n) is 7.79. The fourth-order valence-electron chi connectivity index (χ4n) is 4.09. The predicted octanol–water partition coefficient (Wildman–Crippen LogP) is 4.51. The second kappa shape index (κ2) is 9.11. The molecule has 1 unspecified atom stereocenters. The maximum Gasteiger partial charge on any atom is 0.294 e. The SMILES string of the molecule is COc1ccccc1C1C(C(=O)c2sc(C)nc2C)=C(O)C(=O)N1c1cccc(NC(C)=O)c1. The highest BCUT2D eigenvalue weighted by Crippen LogP contribution is 2.45. The highest BCUT2D eigenvalue weighted by Gasteiger charge is 2.46. The minimum Gasteiger partial charge on any atom is -0.503 e. The van der Waals surface area contributed by atoms with Gasteiger partial charge in [-0.3, -0.25) is 19.3 Å². The first-order valence-corrected chi connectivity index (χ1v) is 11.3. The highest BCUT2D eigenvalue weighted by atomic mass is 32.1. The summed E-state index contributed by atoms with van der Waals surface area (Å²) in [6.07, 6.45) is 0. The van der Waals surface area contributed by atoms with Crippen molar-refractivity contribution in [2.45, 2.75) is 26.8 Å². The van der Waals surface area contributed by atoms with Crippen LogP contribution in [0.2, 0.25) is 0 Å². The third-order valence-electron chi connectivity index (χ3n) is 5.44. The van der Waals surface area contributed by atoms with Crippen molar-refractivity contribution in [1.82, 2.24) is 4.98 Å². The lowest BCUT2D eigenvalue weighted by Gasteiger charge is -2.28. The Kier molecular flexibility index (Phi) is 6.21. The Morgan fingerprint density at radius 1 is 1.15 bits per heavy atom. The highest BCUT2D eigenvalue weighted by molar-refractivity contribution is 7.14. The number of aryl methyl sites for hydroxylation is 2. The molecule has 8 nitrogen and oxygen atoms in total. The topological polar surface area (TPSA) is 109 Å². The van der Waals surface area contributed by atoms with Crippen LogP contribution in [0.1, 0.15) is 38.9 Å². The fraction of sp³-hybridized carbons (Fsp3) is 0.200. The number of ketones is 1. The number of carbonyl (C=O) groups is 3. The number of benzene rings is 2. The molecular formula is C25H23N3O5S. The molecule has 2 heterocycles. The van der Waals surface area contributed by atoms with Gasteiger partial charge in [-0.2, -0.15) is 0 Å². The summed E-state index contributed by atoms with van der Waals surface area (Å²) >= 11 is 1.21. The van der Waals surface area contributed by atoms with Crippen molar-refractivity contribution in [1.29, 1.82) is 0 Å². The first kappa shape index (κ1) is 23.2. The number of Topliss-reactive ketones (excluding diaryl/α,β-unsaturated/α-hetero) is 1. The number of rotatable bonds is 6. The normalized spacial score (nSPS) is 15.6. The van der Waals surface area contributed by atoms with Crippen molar-refractivity contribution >= 4 is 40.3 Å². The molecule has 0 aliphatic carbocycles. The molecule has 2 aromatic carbocycles. The van der Waals surface area contributed by atoms with Gasteiger partial charge in [-0.1, -0.05) is 24.3 Å². The molecule has 0 spiro atoms. The number of aromatic nitrogens is 1. The summed E-state index contributed by atoms with van der Waals surface area (Å²) in [6.45, 7) is 4.90. The quantitative estimate of drug-likeness (QED) is 0.506. The third-order valence-corrected chi connectivity index (χ3v) is 6.51. The lowest BCUT2D eigenvalue weighted by atomic mass is 9.94. The Bertz CT molecular complexity index is 1340. The number of carbonyl (C=O) groups excluding carboxylic acids is 3. The van der Waals surface area contributed by atoms with E-state index in [1.807, 2.05) is 0 Å². The van der Waals surface area contributed by atoms with Crippen LogP contribution in [-0.2, 0) is 9.59 Å². The van der Waals surface area contributed by atoms with Crippen molar-refractivity contribution < 1.29 is 24.2 Å². The van der Waals surface area contributed by atoms with E-state index < -0.39 is 23.5 Å². The van der Waals surface area contributed by atoms with Gasteiger partial charge in [0, 0.05) is 23.9 Å².